The Morgan fingerprint density at radius 3 is 2.06 bits per heavy atom. The van der Waals surface area contributed by atoms with Gasteiger partial charge in [-0.2, -0.15) is 0 Å². The minimum atomic E-state index is 1.22. The lowest BCUT2D eigenvalue weighted by Crippen LogP contribution is -1.73. The highest BCUT2D eigenvalue weighted by Gasteiger charge is 1.86. The number of rotatable bonds is 3. The molecule has 0 aliphatic carbocycles. The second-order valence-electron chi connectivity index (χ2n) is 3.68. The molecule has 1 heteroatoms. The van der Waals surface area contributed by atoms with E-state index in [0.717, 1.165) is 0 Å². The zero-order valence-electron chi connectivity index (χ0n) is 9.38. The molecule has 0 spiro atoms. The molecule has 2 aromatic rings. The van der Waals surface area contributed by atoms with Crippen LogP contribution in [0.4, 0.5) is 0 Å². The SMILES string of the molecule is Ic1cccc(/C=C/C=C/c2ccccc2)c1. The lowest BCUT2D eigenvalue weighted by atomic mass is 10.2. The molecule has 0 fully saturated rings. The van der Waals surface area contributed by atoms with Crippen LogP contribution in [0.15, 0.2) is 66.7 Å². The van der Waals surface area contributed by atoms with Gasteiger partial charge in [0.1, 0.15) is 0 Å². The van der Waals surface area contributed by atoms with Crippen LogP contribution in [0.1, 0.15) is 11.1 Å². The monoisotopic (exact) mass is 332 g/mol. The van der Waals surface area contributed by atoms with Crippen molar-refractivity contribution in [1.29, 1.82) is 0 Å². The Hall–Kier alpha value is -1.35. The van der Waals surface area contributed by atoms with Gasteiger partial charge >= 0.3 is 0 Å². The molecule has 0 bridgehead atoms. The molecule has 0 saturated heterocycles. The summed E-state index contributed by atoms with van der Waals surface area (Å²) < 4.78 is 1.26. The molecule has 0 aliphatic rings. The van der Waals surface area contributed by atoms with Gasteiger partial charge in [-0.15, -0.1) is 0 Å². The van der Waals surface area contributed by atoms with Crippen LogP contribution in [0, 0.1) is 3.57 Å². The standard InChI is InChI=1S/C16H13I/c17-16-12-6-11-15(13-16)10-5-4-9-14-7-2-1-3-8-14/h1-13H/b9-4+,10-5+. The third-order valence-corrected chi connectivity index (χ3v) is 3.01. The van der Waals surface area contributed by atoms with Crippen LogP contribution in [0.25, 0.3) is 12.2 Å². The molecule has 0 heterocycles. The summed E-state index contributed by atoms with van der Waals surface area (Å²) in [5.74, 6) is 0. The van der Waals surface area contributed by atoms with Gasteiger partial charge in [0.05, 0.1) is 0 Å². The van der Waals surface area contributed by atoms with Gasteiger partial charge < -0.3 is 0 Å². The number of hydrogen-bond donors (Lipinski definition) is 0. The van der Waals surface area contributed by atoms with E-state index in [1.807, 2.05) is 18.2 Å². The third-order valence-electron chi connectivity index (χ3n) is 2.34. The fraction of sp³-hybridized carbons (Fsp3) is 0. The van der Waals surface area contributed by atoms with Crippen LogP contribution in [0.5, 0.6) is 0 Å². The second kappa shape index (κ2) is 6.40. The van der Waals surface area contributed by atoms with Crippen molar-refractivity contribution in [2.75, 3.05) is 0 Å². The Labute approximate surface area is 116 Å². The fourth-order valence-electron chi connectivity index (χ4n) is 1.51. The summed E-state index contributed by atoms with van der Waals surface area (Å²) in [7, 11) is 0. The number of allylic oxidation sites excluding steroid dienone is 2. The summed E-state index contributed by atoms with van der Waals surface area (Å²) in [6, 6.07) is 18.7. The van der Waals surface area contributed by atoms with Crippen molar-refractivity contribution in [2.45, 2.75) is 0 Å². The van der Waals surface area contributed by atoms with Crippen molar-refractivity contribution in [2.24, 2.45) is 0 Å². The van der Waals surface area contributed by atoms with Gasteiger partial charge in [-0.3, -0.25) is 0 Å². The van der Waals surface area contributed by atoms with E-state index in [9.17, 15) is 0 Å². The van der Waals surface area contributed by atoms with E-state index in [-0.39, 0.29) is 0 Å². The minimum absolute atomic E-state index is 1.22. The predicted molar refractivity (Wildman–Crippen MR) is 83.7 cm³/mol. The maximum atomic E-state index is 2.32. The first-order chi connectivity index (χ1) is 8.34. The molecule has 0 N–H and O–H groups in total. The second-order valence-corrected chi connectivity index (χ2v) is 4.93. The van der Waals surface area contributed by atoms with Crippen molar-refractivity contribution in [3.63, 3.8) is 0 Å². The fourth-order valence-corrected chi connectivity index (χ4v) is 2.07. The summed E-state index contributed by atoms with van der Waals surface area (Å²) >= 11 is 2.32. The minimum Gasteiger partial charge on any atom is -0.0622 e. The van der Waals surface area contributed by atoms with Crippen LogP contribution < -0.4 is 0 Å². The zero-order chi connectivity index (χ0) is 11.9. The van der Waals surface area contributed by atoms with E-state index in [1.54, 1.807) is 0 Å². The van der Waals surface area contributed by atoms with Gasteiger partial charge in [0.2, 0.25) is 0 Å². The van der Waals surface area contributed by atoms with Crippen LogP contribution in [0.3, 0.4) is 0 Å². The molecule has 0 amide bonds. The predicted octanol–water partition coefficient (Wildman–Crippen LogP) is 5.02. The quantitative estimate of drug-likeness (QED) is 0.547. The molecule has 2 aromatic carbocycles. The highest BCUT2D eigenvalue weighted by atomic mass is 127. The molecule has 0 radical (unpaired) electrons. The molecular formula is C16H13I. The number of halogens is 1. The first-order valence-electron chi connectivity index (χ1n) is 5.50. The molecule has 0 nitrogen and oxygen atoms in total. The van der Waals surface area contributed by atoms with Crippen molar-refractivity contribution >= 4 is 34.7 Å². The van der Waals surface area contributed by atoms with Crippen molar-refractivity contribution in [1.82, 2.24) is 0 Å². The van der Waals surface area contributed by atoms with Gasteiger partial charge in [-0.05, 0) is 45.9 Å². The normalized spacial score (nSPS) is 11.4. The average molecular weight is 332 g/mol. The highest BCUT2D eigenvalue weighted by molar-refractivity contribution is 14.1. The Morgan fingerprint density at radius 1 is 0.706 bits per heavy atom. The summed E-state index contributed by atoms with van der Waals surface area (Å²) in [5, 5.41) is 0. The zero-order valence-corrected chi connectivity index (χ0v) is 11.5. The highest BCUT2D eigenvalue weighted by Crippen LogP contribution is 2.09. The van der Waals surface area contributed by atoms with Gasteiger partial charge in [0, 0.05) is 3.57 Å². The molecule has 0 unspecified atom stereocenters. The van der Waals surface area contributed by atoms with Crippen LogP contribution in [-0.2, 0) is 0 Å². The number of benzene rings is 2. The summed E-state index contributed by atoms with van der Waals surface area (Å²) in [5.41, 5.74) is 2.45. The molecule has 0 aromatic heterocycles. The molecule has 0 aliphatic heterocycles. The smallest absolute Gasteiger partial charge is 0.0136 e. The summed E-state index contributed by atoms with van der Waals surface area (Å²) in [4.78, 5) is 0. The Balaban J connectivity index is 2.01. The largest absolute Gasteiger partial charge is 0.0622 e. The van der Waals surface area contributed by atoms with E-state index in [4.69, 9.17) is 0 Å². The first kappa shape index (κ1) is 12.1. The van der Waals surface area contributed by atoms with Crippen LogP contribution >= 0.6 is 22.6 Å². The third kappa shape index (κ3) is 4.19. The van der Waals surface area contributed by atoms with Gasteiger partial charge in [0.25, 0.3) is 0 Å². The van der Waals surface area contributed by atoms with Crippen molar-refractivity contribution in [3.8, 4) is 0 Å². The van der Waals surface area contributed by atoms with Crippen LogP contribution in [-0.4, -0.2) is 0 Å². The lowest BCUT2D eigenvalue weighted by molar-refractivity contribution is 1.61. The lowest BCUT2D eigenvalue weighted by Gasteiger charge is -1.93. The maximum Gasteiger partial charge on any atom is 0.0136 e. The molecule has 2 rings (SSSR count). The molecular weight excluding hydrogens is 319 g/mol. The molecule has 84 valence electrons. The van der Waals surface area contributed by atoms with E-state index in [2.05, 4.69) is 83.3 Å². The van der Waals surface area contributed by atoms with E-state index < -0.39 is 0 Å². The average Bonchev–Trinajstić information content (AvgIpc) is 2.36. The topological polar surface area (TPSA) is 0 Å². The molecule has 0 atom stereocenters. The van der Waals surface area contributed by atoms with Gasteiger partial charge in [-0.1, -0.05) is 66.8 Å². The summed E-state index contributed by atoms with van der Waals surface area (Å²) in [6.45, 7) is 0. The van der Waals surface area contributed by atoms with Gasteiger partial charge in [0.15, 0.2) is 0 Å². The Bertz CT molecular complexity index is 524. The van der Waals surface area contributed by atoms with Crippen molar-refractivity contribution in [3.05, 3.63) is 81.4 Å². The molecule has 0 saturated carbocycles. The van der Waals surface area contributed by atoms with E-state index in [0.29, 0.717) is 0 Å². The van der Waals surface area contributed by atoms with Gasteiger partial charge in [-0.25, -0.2) is 0 Å². The van der Waals surface area contributed by atoms with E-state index >= 15 is 0 Å². The van der Waals surface area contributed by atoms with Crippen LogP contribution in [0.2, 0.25) is 0 Å². The maximum absolute atomic E-state index is 2.32. The molecule has 17 heavy (non-hydrogen) atoms. The summed E-state index contributed by atoms with van der Waals surface area (Å²) in [6.07, 6.45) is 8.35. The first-order valence-corrected chi connectivity index (χ1v) is 6.58. The van der Waals surface area contributed by atoms with Crippen molar-refractivity contribution < 1.29 is 0 Å². The van der Waals surface area contributed by atoms with E-state index in [1.165, 1.54) is 14.7 Å². The number of hydrogen-bond acceptors (Lipinski definition) is 0. The Morgan fingerprint density at radius 2 is 1.35 bits per heavy atom. The Kier molecular flexibility index (Phi) is 4.56.